The van der Waals surface area contributed by atoms with Crippen molar-refractivity contribution in [3.63, 3.8) is 0 Å². The first-order chi connectivity index (χ1) is 14.5. The molecular formula is C23H25Cl2NO5. The molecule has 2 aromatic carbocycles. The van der Waals surface area contributed by atoms with E-state index in [1.165, 1.54) is 0 Å². The van der Waals surface area contributed by atoms with Crippen LogP contribution in [0.15, 0.2) is 42.5 Å². The van der Waals surface area contributed by atoms with E-state index in [-0.39, 0.29) is 6.42 Å². The molecule has 0 aromatic heterocycles. The van der Waals surface area contributed by atoms with Gasteiger partial charge in [-0.3, -0.25) is 14.4 Å². The second kappa shape index (κ2) is 10.3. The number of ketones is 1. The Morgan fingerprint density at radius 1 is 1.10 bits per heavy atom. The topological polar surface area (TPSA) is 92.7 Å². The summed E-state index contributed by atoms with van der Waals surface area (Å²) in [7, 11) is 0. The molecule has 31 heavy (non-hydrogen) atoms. The lowest BCUT2D eigenvalue weighted by atomic mass is 9.86. The maximum absolute atomic E-state index is 12.9. The lowest BCUT2D eigenvalue weighted by Gasteiger charge is -2.29. The number of carbonyl (C=O) groups is 3. The van der Waals surface area contributed by atoms with Gasteiger partial charge in [0.05, 0.1) is 5.54 Å². The van der Waals surface area contributed by atoms with Crippen molar-refractivity contribution in [2.45, 2.75) is 45.8 Å². The molecule has 2 N–H and O–H groups in total. The van der Waals surface area contributed by atoms with Crippen LogP contribution in [0.5, 0.6) is 0 Å². The predicted molar refractivity (Wildman–Crippen MR) is 120 cm³/mol. The summed E-state index contributed by atoms with van der Waals surface area (Å²) < 4.78 is 4.60. The van der Waals surface area contributed by atoms with Gasteiger partial charge in [-0.2, -0.15) is 0 Å². The highest BCUT2D eigenvalue weighted by Gasteiger charge is 2.38. The van der Waals surface area contributed by atoms with E-state index in [0.717, 1.165) is 6.92 Å². The molecule has 0 saturated heterocycles. The molecular weight excluding hydrogens is 441 g/mol. The Kier molecular flexibility index (Phi) is 8.23. The molecule has 2 rings (SSSR count). The minimum absolute atomic E-state index is 0.210. The number of nitrogens with one attached hydrogen (secondary N) is 1. The zero-order valence-electron chi connectivity index (χ0n) is 17.7. The maximum Gasteiger partial charge on any atom is 0.324 e. The van der Waals surface area contributed by atoms with Gasteiger partial charge < -0.3 is 15.2 Å². The summed E-state index contributed by atoms with van der Waals surface area (Å²) in [5.74, 6) is -3.06. The quantitative estimate of drug-likeness (QED) is 0.423. The Morgan fingerprint density at radius 2 is 1.71 bits per heavy atom. The molecule has 0 aliphatic carbocycles. The second-order valence-electron chi connectivity index (χ2n) is 7.68. The van der Waals surface area contributed by atoms with Crippen LogP contribution in [0.1, 0.15) is 51.3 Å². The number of Topliss-reactive ketones (excluding diaryl/α,β-unsaturated/α-hetero) is 1. The minimum Gasteiger partial charge on any atom is -0.393 e. The molecule has 2 unspecified atom stereocenters. The van der Waals surface area contributed by atoms with Crippen LogP contribution < -0.4 is 5.32 Å². The van der Waals surface area contributed by atoms with Crippen molar-refractivity contribution in [1.82, 2.24) is 0 Å². The second-order valence-corrected chi connectivity index (χ2v) is 8.52. The summed E-state index contributed by atoms with van der Waals surface area (Å²) in [5, 5.41) is 14.6. The number of hydrogen-bond donors (Lipinski definition) is 2. The Balaban J connectivity index is 2.17. The fraction of sp³-hybridized carbons (Fsp3) is 0.348. The van der Waals surface area contributed by atoms with Gasteiger partial charge in [0, 0.05) is 28.2 Å². The van der Waals surface area contributed by atoms with Gasteiger partial charge in [-0.15, -0.1) is 0 Å². The first kappa shape index (κ1) is 24.9. The number of halogens is 2. The van der Waals surface area contributed by atoms with Crippen molar-refractivity contribution in [1.29, 1.82) is 0 Å². The lowest BCUT2D eigenvalue weighted by molar-refractivity contribution is -0.162. The number of anilines is 1. The summed E-state index contributed by atoms with van der Waals surface area (Å²) in [5.41, 5.74) is 0.587. The number of aliphatic hydroxyl groups is 1. The number of carbonyl (C=O) groups excluding carboxylic acids is 3. The van der Waals surface area contributed by atoms with Gasteiger partial charge in [0.2, 0.25) is 0 Å². The third-order valence-corrected chi connectivity index (χ3v) is 5.38. The third kappa shape index (κ3) is 6.29. The van der Waals surface area contributed by atoms with Crippen LogP contribution >= 0.6 is 23.2 Å². The van der Waals surface area contributed by atoms with E-state index in [4.69, 9.17) is 23.2 Å². The summed E-state index contributed by atoms with van der Waals surface area (Å²) in [6.07, 6.45) is -0.762. The number of rotatable bonds is 8. The van der Waals surface area contributed by atoms with Crippen LogP contribution in [0, 0.1) is 5.92 Å². The zero-order valence-corrected chi connectivity index (χ0v) is 19.3. The molecule has 0 aliphatic rings. The van der Waals surface area contributed by atoms with Gasteiger partial charge in [-0.25, -0.2) is 0 Å². The van der Waals surface area contributed by atoms with Crippen LogP contribution in [0.4, 0.5) is 5.69 Å². The Hall–Kier alpha value is -2.41. The molecule has 0 saturated carbocycles. The van der Waals surface area contributed by atoms with Gasteiger partial charge in [0.1, 0.15) is 12.0 Å². The monoisotopic (exact) mass is 465 g/mol. The average Bonchev–Trinajstić information content (AvgIpc) is 2.69. The first-order valence-corrected chi connectivity index (χ1v) is 10.5. The zero-order chi connectivity index (χ0) is 23.3. The fourth-order valence-electron chi connectivity index (χ4n) is 3.18. The van der Waals surface area contributed by atoms with E-state index in [0.29, 0.717) is 26.9 Å². The highest BCUT2D eigenvalue weighted by atomic mass is 35.5. The summed E-state index contributed by atoms with van der Waals surface area (Å²) in [4.78, 5) is 36.1. The van der Waals surface area contributed by atoms with Crippen LogP contribution in [-0.2, 0) is 19.1 Å². The van der Waals surface area contributed by atoms with Crippen molar-refractivity contribution in [2.75, 3.05) is 5.32 Å². The molecule has 166 valence electrons. The Morgan fingerprint density at radius 3 is 2.26 bits per heavy atom. The largest absolute Gasteiger partial charge is 0.393 e. The fourth-order valence-corrected chi connectivity index (χ4v) is 3.58. The number of hydrogen-bond acceptors (Lipinski definition) is 6. The normalized spacial score (nSPS) is 13.3. The molecule has 2 atom stereocenters. The van der Waals surface area contributed by atoms with E-state index in [1.807, 2.05) is 0 Å². The van der Waals surface area contributed by atoms with E-state index in [1.54, 1.807) is 63.2 Å². The van der Waals surface area contributed by atoms with Gasteiger partial charge >= 0.3 is 11.9 Å². The molecule has 6 nitrogen and oxygen atoms in total. The van der Waals surface area contributed by atoms with Crippen molar-refractivity contribution < 1.29 is 24.2 Å². The predicted octanol–water partition coefficient (Wildman–Crippen LogP) is 4.95. The van der Waals surface area contributed by atoms with Crippen molar-refractivity contribution in [3.8, 4) is 0 Å². The van der Waals surface area contributed by atoms with Gasteiger partial charge in [-0.05, 0) is 56.2 Å². The van der Waals surface area contributed by atoms with E-state index in [2.05, 4.69) is 10.1 Å². The highest BCUT2D eigenvalue weighted by molar-refractivity contribution is 6.33. The molecule has 0 radical (unpaired) electrons. The van der Waals surface area contributed by atoms with Crippen molar-refractivity contribution >= 4 is 46.6 Å². The average molecular weight is 466 g/mol. The third-order valence-electron chi connectivity index (χ3n) is 4.81. The van der Waals surface area contributed by atoms with Gasteiger partial charge in [0.25, 0.3) is 0 Å². The summed E-state index contributed by atoms with van der Waals surface area (Å²) in [6, 6.07) is 11.7. The Labute approximate surface area is 191 Å². The first-order valence-electron chi connectivity index (χ1n) is 9.74. The lowest BCUT2D eigenvalue weighted by Crippen LogP contribution is -2.46. The SMILES string of the molecule is CCC(C(=O)OC(C)=O)C(=O)C(C)(C)Nc1ccc(C(O)c2cc(Cl)ccc2Cl)cc1. The number of esters is 2. The molecule has 8 heteroatoms. The van der Waals surface area contributed by atoms with Gasteiger partial charge in [-0.1, -0.05) is 42.3 Å². The molecule has 0 fully saturated rings. The van der Waals surface area contributed by atoms with E-state index < -0.39 is 35.3 Å². The molecule has 0 amide bonds. The van der Waals surface area contributed by atoms with Crippen molar-refractivity contribution in [3.05, 3.63) is 63.6 Å². The van der Waals surface area contributed by atoms with Crippen molar-refractivity contribution in [2.24, 2.45) is 5.92 Å². The van der Waals surface area contributed by atoms with E-state index in [9.17, 15) is 19.5 Å². The smallest absolute Gasteiger partial charge is 0.324 e. The Bertz CT molecular complexity index is 972. The number of ether oxygens (including phenoxy) is 1. The number of benzene rings is 2. The molecule has 2 aromatic rings. The highest BCUT2D eigenvalue weighted by Crippen LogP contribution is 2.31. The van der Waals surface area contributed by atoms with E-state index >= 15 is 0 Å². The summed E-state index contributed by atoms with van der Waals surface area (Å²) >= 11 is 12.2. The standard InChI is InChI=1S/C23H25Cl2NO5/c1-5-17(22(30)31-13(2)27)21(29)23(3,4)26-16-9-6-14(7-10-16)20(28)18-12-15(24)8-11-19(18)25/h6-12,17,20,26,28H,5H2,1-4H3. The molecule has 0 heterocycles. The maximum atomic E-state index is 12.9. The summed E-state index contributed by atoms with van der Waals surface area (Å²) in [6.45, 7) is 6.09. The molecule has 0 bridgehead atoms. The molecule has 0 spiro atoms. The number of aliphatic hydroxyl groups excluding tert-OH is 1. The minimum atomic E-state index is -1.10. The van der Waals surface area contributed by atoms with Crippen LogP contribution in [0.2, 0.25) is 10.0 Å². The van der Waals surface area contributed by atoms with Crippen LogP contribution in [0.25, 0.3) is 0 Å². The van der Waals surface area contributed by atoms with Crippen LogP contribution in [-0.4, -0.2) is 28.4 Å². The molecule has 0 aliphatic heterocycles. The van der Waals surface area contributed by atoms with Gasteiger partial charge in [0.15, 0.2) is 5.78 Å². The van der Waals surface area contributed by atoms with Crippen LogP contribution in [0.3, 0.4) is 0 Å².